The normalized spacial score (nSPS) is 19.1. The number of rotatable bonds is 5. The van der Waals surface area contributed by atoms with E-state index in [1.807, 2.05) is 42.5 Å². The summed E-state index contributed by atoms with van der Waals surface area (Å²) in [6, 6.07) is 28.3. The second-order valence-electron chi connectivity index (χ2n) is 13.0. The van der Waals surface area contributed by atoms with E-state index in [2.05, 4.69) is 86.8 Å². The molecule has 0 bridgehead atoms. The first kappa shape index (κ1) is 31.3. The Morgan fingerprint density at radius 2 is 1.78 bits per heavy atom. The Morgan fingerprint density at radius 3 is 2.53 bits per heavy atom. The average Bonchev–Trinajstić information content (AvgIpc) is 3.41. The van der Waals surface area contributed by atoms with Gasteiger partial charge in [0.2, 0.25) is 0 Å². The maximum atomic E-state index is 14.7. The van der Waals surface area contributed by atoms with Crippen LogP contribution in [0.3, 0.4) is 0 Å². The van der Waals surface area contributed by atoms with Crippen molar-refractivity contribution in [3.8, 4) is 6.07 Å². The van der Waals surface area contributed by atoms with Crippen molar-refractivity contribution in [2.24, 2.45) is 11.8 Å². The highest BCUT2D eigenvalue weighted by Gasteiger charge is 2.40. The molecule has 3 aliphatic rings. The third-order valence-electron chi connectivity index (χ3n) is 9.97. The van der Waals surface area contributed by atoms with Gasteiger partial charge in [-0.1, -0.05) is 78.7 Å². The largest absolute Gasteiger partial charge is 0.355 e. The average molecular weight is 686 g/mol. The van der Waals surface area contributed by atoms with Gasteiger partial charge >= 0.3 is 0 Å². The van der Waals surface area contributed by atoms with Gasteiger partial charge in [-0.05, 0) is 83.8 Å². The van der Waals surface area contributed by atoms with Crippen molar-refractivity contribution < 1.29 is 4.79 Å². The number of aromatic nitrogens is 2. The first-order valence-electron chi connectivity index (χ1n) is 16.7. The molecule has 7 nitrogen and oxygen atoms in total. The number of nitriles is 1. The summed E-state index contributed by atoms with van der Waals surface area (Å²) in [7, 11) is 0. The summed E-state index contributed by atoms with van der Waals surface area (Å²) in [6.45, 7) is 3.66. The smallest absolute Gasteiger partial charge is 0.272 e. The minimum atomic E-state index is -0.264. The number of fused-ring (bicyclic) bond motifs is 2. The Labute approximate surface area is 295 Å². The zero-order valence-corrected chi connectivity index (χ0v) is 28.5. The van der Waals surface area contributed by atoms with Crippen molar-refractivity contribution >= 4 is 62.8 Å². The highest BCUT2D eigenvalue weighted by molar-refractivity contribution is 6.32. The molecule has 2 N–H and O–H groups in total. The molecule has 244 valence electrons. The zero-order valence-electron chi connectivity index (χ0n) is 27.0. The second kappa shape index (κ2) is 12.8. The van der Waals surface area contributed by atoms with Crippen LogP contribution in [-0.2, 0) is 0 Å². The summed E-state index contributed by atoms with van der Waals surface area (Å²) in [4.78, 5) is 27.3. The summed E-state index contributed by atoms with van der Waals surface area (Å²) >= 11 is 13.2. The van der Waals surface area contributed by atoms with Crippen LogP contribution in [0.2, 0.25) is 10.0 Å². The number of carbonyl (C=O) groups excluding carboxylic acids is 1. The summed E-state index contributed by atoms with van der Waals surface area (Å²) in [6.07, 6.45) is 8.50. The Morgan fingerprint density at radius 1 is 1.00 bits per heavy atom. The van der Waals surface area contributed by atoms with E-state index in [4.69, 9.17) is 23.2 Å². The van der Waals surface area contributed by atoms with E-state index in [0.717, 1.165) is 58.1 Å². The molecule has 0 aliphatic carbocycles. The van der Waals surface area contributed by atoms with Gasteiger partial charge in [0.25, 0.3) is 5.91 Å². The second-order valence-corrected chi connectivity index (χ2v) is 13.9. The molecule has 0 spiro atoms. The number of benzene rings is 3. The maximum Gasteiger partial charge on any atom is 0.272 e. The van der Waals surface area contributed by atoms with Gasteiger partial charge in [-0.25, -0.2) is 4.98 Å². The van der Waals surface area contributed by atoms with E-state index in [1.165, 1.54) is 5.57 Å². The van der Waals surface area contributed by atoms with E-state index in [1.54, 1.807) is 6.20 Å². The van der Waals surface area contributed by atoms with Gasteiger partial charge in [-0.15, -0.1) is 0 Å². The molecule has 3 aliphatic heterocycles. The number of nitrogens with zero attached hydrogens (tertiary/aromatic N) is 4. The standard InChI is InChI=1S/C40H34Cl2N6O/c1-24-7-6-18-48-37(27-11-13-28(41)14-12-27)30-21-29(42)22-32-34(30)35(38(48)33(24)26-8-3-2-4-9-26)36(45-32)40(49)46-31-10-5-17-44-39(31)47-19-15-25(23-43)16-20-47/h2-6,8-14,17-18,21-22,24-25,37,45H,7,15-16,19-20H2,1H3,(H,46,49). The summed E-state index contributed by atoms with van der Waals surface area (Å²) in [5, 5.41) is 14.9. The number of nitrogens with one attached hydrogen (secondary N) is 2. The molecule has 9 heteroatoms. The minimum absolute atomic E-state index is 0.0428. The Hall–Kier alpha value is -5.03. The Balaban J connectivity index is 1.34. The molecule has 5 aromatic rings. The van der Waals surface area contributed by atoms with Crippen LogP contribution in [0.4, 0.5) is 11.5 Å². The molecule has 0 saturated carbocycles. The van der Waals surface area contributed by atoms with Gasteiger partial charge in [0.1, 0.15) is 5.69 Å². The number of hydrogen-bond acceptors (Lipinski definition) is 5. The van der Waals surface area contributed by atoms with Crippen molar-refractivity contribution in [2.75, 3.05) is 23.3 Å². The van der Waals surface area contributed by atoms with Gasteiger partial charge in [0, 0.05) is 57.9 Å². The molecule has 49 heavy (non-hydrogen) atoms. The van der Waals surface area contributed by atoms with Crippen LogP contribution >= 0.6 is 23.2 Å². The fourth-order valence-corrected chi connectivity index (χ4v) is 8.05. The maximum absolute atomic E-state index is 14.7. The number of allylic oxidation sites excluding steroid dienone is 2. The summed E-state index contributed by atoms with van der Waals surface area (Å²) < 4.78 is 0. The van der Waals surface area contributed by atoms with Gasteiger partial charge in [-0.3, -0.25) is 4.79 Å². The molecular formula is C40H34Cl2N6O. The van der Waals surface area contributed by atoms with Crippen LogP contribution in [0, 0.1) is 23.2 Å². The van der Waals surface area contributed by atoms with Crippen LogP contribution in [-0.4, -0.2) is 33.9 Å². The molecule has 1 fully saturated rings. The molecule has 0 radical (unpaired) electrons. The summed E-state index contributed by atoms with van der Waals surface area (Å²) in [5.41, 5.74) is 8.08. The zero-order chi connectivity index (χ0) is 33.6. The molecule has 1 saturated heterocycles. The molecule has 5 heterocycles. The van der Waals surface area contributed by atoms with Crippen molar-refractivity contribution in [1.29, 1.82) is 5.26 Å². The first-order chi connectivity index (χ1) is 23.9. The molecule has 1 amide bonds. The monoisotopic (exact) mass is 684 g/mol. The van der Waals surface area contributed by atoms with E-state index >= 15 is 0 Å². The molecule has 2 unspecified atom stereocenters. The number of halogens is 2. The number of carbonyl (C=O) groups is 1. The number of H-pyrrole nitrogens is 1. The van der Waals surface area contributed by atoms with E-state index in [9.17, 15) is 10.1 Å². The van der Waals surface area contributed by atoms with Crippen LogP contribution in [0.1, 0.15) is 65.0 Å². The fraction of sp³-hybridized carbons (Fsp3) is 0.225. The molecule has 8 rings (SSSR count). The number of anilines is 2. The van der Waals surface area contributed by atoms with Crippen LogP contribution in [0.5, 0.6) is 0 Å². The number of hydrogen-bond donors (Lipinski definition) is 2. The van der Waals surface area contributed by atoms with E-state index in [-0.39, 0.29) is 23.8 Å². The van der Waals surface area contributed by atoms with Crippen molar-refractivity contribution in [2.45, 2.75) is 32.2 Å². The third kappa shape index (κ3) is 5.55. The molecule has 2 aromatic heterocycles. The lowest BCUT2D eigenvalue weighted by Gasteiger charge is -2.39. The highest BCUT2D eigenvalue weighted by atomic mass is 35.5. The van der Waals surface area contributed by atoms with E-state index in [0.29, 0.717) is 40.3 Å². The van der Waals surface area contributed by atoms with Crippen LogP contribution in [0.15, 0.2) is 97.3 Å². The minimum Gasteiger partial charge on any atom is -0.355 e. The lowest BCUT2D eigenvalue weighted by Crippen LogP contribution is -2.34. The number of pyridine rings is 1. The highest BCUT2D eigenvalue weighted by Crippen LogP contribution is 2.53. The van der Waals surface area contributed by atoms with Crippen LogP contribution in [0.25, 0.3) is 22.2 Å². The van der Waals surface area contributed by atoms with Gasteiger partial charge in [0.15, 0.2) is 5.82 Å². The van der Waals surface area contributed by atoms with Crippen LogP contribution < -0.4 is 10.2 Å². The third-order valence-corrected chi connectivity index (χ3v) is 10.4. The lowest BCUT2D eigenvalue weighted by molar-refractivity contribution is 0.102. The number of aromatic amines is 1. The first-order valence-corrected chi connectivity index (χ1v) is 17.4. The quantitative estimate of drug-likeness (QED) is 0.192. The van der Waals surface area contributed by atoms with E-state index < -0.39 is 0 Å². The SMILES string of the molecule is CC1CC=CN2C(=C1c1ccccc1)c1c(C(=O)Nc3cccnc3N3CCC(C#N)CC3)[nH]c3cc(Cl)cc(c13)C2c1ccc(Cl)cc1. The van der Waals surface area contributed by atoms with Crippen molar-refractivity contribution in [3.63, 3.8) is 0 Å². The number of amides is 1. The lowest BCUT2D eigenvalue weighted by atomic mass is 9.82. The predicted molar refractivity (Wildman–Crippen MR) is 197 cm³/mol. The molecule has 2 atom stereocenters. The number of piperidine rings is 1. The topological polar surface area (TPSA) is 88.1 Å². The van der Waals surface area contributed by atoms with Gasteiger partial charge < -0.3 is 20.1 Å². The van der Waals surface area contributed by atoms with Gasteiger partial charge in [0.05, 0.1) is 23.5 Å². The predicted octanol–water partition coefficient (Wildman–Crippen LogP) is 9.69. The van der Waals surface area contributed by atoms with Crippen molar-refractivity contribution in [1.82, 2.24) is 14.9 Å². The van der Waals surface area contributed by atoms with Gasteiger partial charge in [-0.2, -0.15) is 5.26 Å². The fourth-order valence-electron chi connectivity index (χ4n) is 7.70. The molecule has 3 aromatic carbocycles. The summed E-state index contributed by atoms with van der Waals surface area (Å²) in [5.74, 6) is 0.655. The van der Waals surface area contributed by atoms with Crippen molar-refractivity contribution in [3.05, 3.63) is 135 Å². The Kier molecular flexibility index (Phi) is 8.15. The Bertz CT molecular complexity index is 2170. The molecular weight excluding hydrogens is 651 g/mol.